The van der Waals surface area contributed by atoms with E-state index in [2.05, 4.69) is 51.7 Å². The van der Waals surface area contributed by atoms with E-state index >= 15 is 0 Å². The quantitative estimate of drug-likeness (QED) is 0.0523. The Morgan fingerprint density at radius 2 is 1.71 bits per heavy atom. The third-order valence-electron chi connectivity index (χ3n) is 8.15. The summed E-state index contributed by atoms with van der Waals surface area (Å²) in [6.45, 7) is 6.92. The summed E-state index contributed by atoms with van der Waals surface area (Å²) in [4.78, 5) is 18.5. The van der Waals surface area contributed by atoms with Crippen LogP contribution in [0.4, 0.5) is 0 Å². The third kappa shape index (κ3) is 7.31. The van der Waals surface area contributed by atoms with Gasteiger partial charge >= 0.3 is 0 Å². The summed E-state index contributed by atoms with van der Waals surface area (Å²) in [5.74, 6) is 0.801. The highest BCUT2D eigenvalue weighted by molar-refractivity contribution is 6.33. The zero-order valence-corrected chi connectivity index (χ0v) is 28.6. The molecule has 13 heteroatoms. The number of benzene rings is 2. The Bertz CT molecular complexity index is 1840. The predicted octanol–water partition coefficient (Wildman–Crippen LogP) is 6.15. The molecule has 0 aliphatic rings. The number of ketones is 1. The van der Waals surface area contributed by atoms with Crippen molar-refractivity contribution in [1.29, 1.82) is 0 Å². The molecule has 252 valence electrons. The van der Waals surface area contributed by atoms with Crippen molar-refractivity contribution in [3.8, 4) is 22.5 Å². The summed E-state index contributed by atoms with van der Waals surface area (Å²) in [6, 6.07) is 20.9. The fourth-order valence-electron chi connectivity index (χ4n) is 5.71. The average molecular weight is 674 g/mol. The summed E-state index contributed by atoms with van der Waals surface area (Å²) >= 11 is 6.62. The van der Waals surface area contributed by atoms with E-state index in [4.69, 9.17) is 25.8 Å². The van der Waals surface area contributed by atoms with Crippen LogP contribution in [0, 0.1) is 5.21 Å². The van der Waals surface area contributed by atoms with Crippen molar-refractivity contribution < 1.29 is 23.7 Å². The first-order valence-corrected chi connectivity index (χ1v) is 16.4. The van der Waals surface area contributed by atoms with Crippen LogP contribution in [0.25, 0.3) is 22.5 Å². The number of hydrogen-bond donors (Lipinski definition) is 0. The molecular weight excluding hydrogens is 634 g/mol. The highest BCUT2D eigenvalue weighted by Gasteiger charge is 2.31. The van der Waals surface area contributed by atoms with Crippen LogP contribution >= 0.6 is 11.6 Å². The number of nitrogens with zero attached hydrogens (tertiary/aromatic N) is 7. The van der Waals surface area contributed by atoms with Crippen LogP contribution in [0.3, 0.4) is 0 Å². The molecule has 0 aliphatic carbocycles. The lowest BCUT2D eigenvalue weighted by atomic mass is 9.97. The van der Waals surface area contributed by atoms with E-state index < -0.39 is 12.1 Å². The molecule has 12 nitrogen and oxygen atoms in total. The molecule has 0 bridgehead atoms. The second kappa shape index (κ2) is 16.1. The Balaban J connectivity index is 1.42. The molecule has 0 saturated heterocycles. The molecule has 0 radical (unpaired) electrons. The van der Waals surface area contributed by atoms with Gasteiger partial charge in [-0.2, -0.15) is 9.41 Å². The molecule has 0 amide bonds. The smallest absolute Gasteiger partial charge is 0.277 e. The largest absolute Gasteiger partial charge is 0.618 e. The number of ether oxygens (including phenoxy) is 3. The van der Waals surface area contributed by atoms with Gasteiger partial charge in [-0.3, -0.25) is 4.79 Å². The van der Waals surface area contributed by atoms with Crippen molar-refractivity contribution in [3.63, 3.8) is 0 Å². The number of carbonyl (C=O) groups is 1. The van der Waals surface area contributed by atoms with Gasteiger partial charge in [0, 0.05) is 51.5 Å². The maximum atomic E-state index is 13.9. The molecule has 1 unspecified atom stereocenters. The van der Waals surface area contributed by atoms with Crippen molar-refractivity contribution in [3.05, 3.63) is 106 Å². The van der Waals surface area contributed by atoms with Crippen molar-refractivity contribution in [2.24, 2.45) is 0 Å². The van der Waals surface area contributed by atoms with E-state index in [1.54, 1.807) is 16.8 Å². The molecule has 2 aromatic carbocycles. The van der Waals surface area contributed by atoms with Crippen LogP contribution in [-0.4, -0.2) is 56.4 Å². The van der Waals surface area contributed by atoms with Gasteiger partial charge < -0.3 is 24.0 Å². The Hall–Kier alpha value is -4.49. The van der Waals surface area contributed by atoms with Gasteiger partial charge in [0.05, 0.1) is 0 Å². The number of carbonyl (C=O) groups excluding carboxylic acids is 1. The lowest BCUT2D eigenvalue weighted by molar-refractivity contribution is -0.625. The predicted molar refractivity (Wildman–Crippen MR) is 180 cm³/mol. The first-order valence-electron chi connectivity index (χ1n) is 16.0. The third-order valence-corrected chi connectivity index (χ3v) is 8.42. The second-order valence-electron chi connectivity index (χ2n) is 11.2. The van der Waals surface area contributed by atoms with Crippen LogP contribution in [0.5, 0.6) is 0 Å². The molecule has 5 aromatic rings. The van der Waals surface area contributed by atoms with Gasteiger partial charge in [-0.25, -0.2) is 4.98 Å². The summed E-state index contributed by atoms with van der Waals surface area (Å²) in [7, 11) is 2.85. The van der Waals surface area contributed by atoms with Gasteiger partial charge in [-0.15, -0.1) is 5.10 Å². The highest BCUT2D eigenvalue weighted by atomic mass is 35.5. The Kier molecular flexibility index (Phi) is 11.7. The van der Waals surface area contributed by atoms with Crippen molar-refractivity contribution in [2.45, 2.75) is 65.5 Å². The standard InChI is InChI=1S/C35H40ClN7O5/c1-6-8-16-30-37-33(36)31(32(44)28-14-11-15-29(43(28)45)35(46-4)47-5)41(30)22-21-24-17-19-25(20-18-24)26-12-9-10-13-27(26)34-38-39-40-42(34)23(3)48-7-2/h9-15,17-20,23,35H,6-8,16,21-22H2,1-5H3. The van der Waals surface area contributed by atoms with E-state index in [1.807, 2.05) is 42.7 Å². The maximum Gasteiger partial charge on any atom is 0.277 e. The molecule has 0 spiro atoms. The zero-order valence-electron chi connectivity index (χ0n) is 27.8. The van der Waals surface area contributed by atoms with Crippen LogP contribution in [0.1, 0.15) is 79.4 Å². The molecule has 3 heterocycles. The molecule has 48 heavy (non-hydrogen) atoms. The molecule has 3 aromatic heterocycles. The minimum Gasteiger partial charge on any atom is -0.618 e. The van der Waals surface area contributed by atoms with Gasteiger partial charge in [0.2, 0.25) is 12.0 Å². The molecule has 1 atom stereocenters. The van der Waals surface area contributed by atoms with Gasteiger partial charge in [0.1, 0.15) is 11.5 Å². The number of methoxy groups -OCH3 is 2. The number of pyridine rings is 1. The Morgan fingerprint density at radius 3 is 2.40 bits per heavy atom. The van der Waals surface area contributed by atoms with Gasteiger partial charge in [0.15, 0.2) is 17.2 Å². The zero-order chi connectivity index (χ0) is 34.2. The van der Waals surface area contributed by atoms with Gasteiger partial charge in [-0.1, -0.05) is 73.5 Å². The van der Waals surface area contributed by atoms with Crippen LogP contribution < -0.4 is 4.73 Å². The van der Waals surface area contributed by atoms with E-state index in [9.17, 15) is 10.0 Å². The van der Waals surface area contributed by atoms with Crippen LogP contribution in [0.15, 0.2) is 66.7 Å². The van der Waals surface area contributed by atoms with E-state index in [0.717, 1.165) is 35.1 Å². The first kappa shape index (κ1) is 34.8. The Morgan fingerprint density at radius 1 is 0.979 bits per heavy atom. The maximum absolute atomic E-state index is 13.9. The monoisotopic (exact) mass is 673 g/mol. The fourth-order valence-corrected chi connectivity index (χ4v) is 6.00. The summed E-state index contributed by atoms with van der Waals surface area (Å²) in [6.07, 6.45) is 1.83. The first-order chi connectivity index (χ1) is 23.3. The molecular formula is C35H40ClN7O5. The van der Waals surface area contributed by atoms with E-state index in [0.29, 0.717) is 42.4 Å². The number of imidazole rings is 1. The molecule has 0 aliphatic heterocycles. The number of halogens is 1. The average Bonchev–Trinajstić information content (AvgIpc) is 3.72. The molecule has 0 fully saturated rings. The van der Waals surface area contributed by atoms with Crippen LogP contribution in [0.2, 0.25) is 5.15 Å². The number of rotatable bonds is 16. The number of hydrogen-bond acceptors (Lipinski definition) is 9. The molecule has 5 rings (SSSR count). The Labute approximate surface area is 284 Å². The lowest BCUT2D eigenvalue weighted by Crippen LogP contribution is -2.41. The number of tetrazole rings is 1. The van der Waals surface area contributed by atoms with E-state index in [1.165, 1.54) is 20.3 Å². The second-order valence-corrected chi connectivity index (χ2v) is 11.5. The summed E-state index contributed by atoms with van der Waals surface area (Å²) < 4.78 is 20.3. The molecule has 0 N–H and O–H groups in total. The topological polar surface area (TPSA) is 133 Å². The minimum atomic E-state index is -0.931. The summed E-state index contributed by atoms with van der Waals surface area (Å²) in [5, 5.41) is 25.7. The SMILES string of the molecule is CCCCc1nc(Cl)c(C(=O)c2cccc(C(OC)OC)[n+]2[O-])n1CCc1ccc(-c2ccccc2-c2nnnn2C(C)OCC)cc1. The van der Waals surface area contributed by atoms with Crippen LogP contribution in [-0.2, 0) is 33.6 Å². The van der Waals surface area contributed by atoms with E-state index in [-0.39, 0.29) is 28.5 Å². The fraction of sp³-hybridized carbons (Fsp3) is 0.371. The number of aromatic nitrogens is 7. The summed E-state index contributed by atoms with van der Waals surface area (Å²) in [5.41, 5.74) is 4.17. The number of aryl methyl sites for hydroxylation is 2. The lowest BCUT2D eigenvalue weighted by Gasteiger charge is -2.16. The highest BCUT2D eigenvalue weighted by Crippen LogP contribution is 2.32. The molecule has 0 saturated carbocycles. The van der Waals surface area contributed by atoms with Gasteiger partial charge in [-0.05, 0) is 59.9 Å². The van der Waals surface area contributed by atoms with Crippen molar-refractivity contribution >= 4 is 17.4 Å². The van der Waals surface area contributed by atoms with Crippen molar-refractivity contribution in [1.82, 2.24) is 29.8 Å². The number of unbranched alkanes of at least 4 members (excludes halogenated alkanes) is 1. The normalized spacial score (nSPS) is 12.1. The minimum absolute atomic E-state index is 0.0690. The van der Waals surface area contributed by atoms with Gasteiger partial charge in [0.25, 0.3) is 11.5 Å². The van der Waals surface area contributed by atoms with Crippen molar-refractivity contribution in [2.75, 3.05) is 20.8 Å².